The van der Waals surface area contributed by atoms with Gasteiger partial charge in [0.15, 0.2) is 0 Å². The minimum Gasteiger partial charge on any atom is -0.288 e. The molecule has 0 spiro atoms. The molecule has 0 bridgehead atoms. The summed E-state index contributed by atoms with van der Waals surface area (Å²) < 4.78 is 0. The molecule has 2 amide bonds. The first kappa shape index (κ1) is 17.6. The van der Waals surface area contributed by atoms with E-state index in [0.29, 0.717) is 11.1 Å². The van der Waals surface area contributed by atoms with Crippen molar-refractivity contribution in [1.82, 2.24) is 5.32 Å². The second-order valence-corrected chi connectivity index (χ2v) is 7.75. The average Bonchev–Trinajstić information content (AvgIpc) is 3.09. The van der Waals surface area contributed by atoms with E-state index in [9.17, 15) is 9.59 Å². The standard InChI is InChI=1S/C28H17NO2/c30-27-23-15-21-22(16-24(23)28(31)29-27)26(18-11-5-2-6-12-18)20-14-8-7-13-19(20)25(21)17-9-3-1-4-10-17/h1-16H,(H,29,30,31). The van der Waals surface area contributed by atoms with E-state index in [1.54, 1.807) is 0 Å². The van der Waals surface area contributed by atoms with Crippen molar-refractivity contribution in [2.75, 3.05) is 0 Å². The fourth-order valence-electron chi connectivity index (χ4n) is 4.67. The number of fused-ring (bicyclic) bond motifs is 3. The molecule has 6 rings (SSSR count). The summed E-state index contributed by atoms with van der Waals surface area (Å²) in [5.41, 5.74) is 5.16. The van der Waals surface area contributed by atoms with Gasteiger partial charge in [0.2, 0.25) is 0 Å². The highest BCUT2D eigenvalue weighted by atomic mass is 16.2. The number of rotatable bonds is 2. The quantitative estimate of drug-likeness (QED) is 0.283. The summed E-state index contributed by atoms with van der Waals surface area (Å²) in [5.74, 6) is -0.675. The molecule has 0 atom stereocenters. The lowest BCUT2D eigenvalue weighted by atomic mass is 9.84. The van der Waals surface area contributed by atoms with E-state index in [1.807, 2.05) is 60.7 Å². The van der Waals surface area contributed by atoms with Crippen molar-refractivity contribution in [2.45, 2.75) is 0 Å². The zero-order chi connectivity index (χ0) is 20.9. The Morgan fingerprint density at radius 1 is 0.452 bits per heavy atom. The van der Waals surface area contributed by atoms with Gasteiger partial charge in [-0.3, -0.25) is 14.9 Å². The van der Waals surface area contributed by atoms with Crippen LogP contribution in [0, 0.1) is 0 Å². The molecular formula is C28H17NO2. The van der Waals surface area contributed by atoms with E-state index >= 15 is 0 Å². The van der Waals surface area contributed by atoms with Gasteiger partial charge in [0, 0.05) is 0 Å². The number of hydrogen-bond acceptors (Lipinski definition) is 2. The van der Waals surface area contributed by atoms with Crippen LogP contribution in [0.2, 0.25) is 0 Å². The summed E-state index contributed by atoms with van der Waals surface area (Å²) in [7, 11) is 0. The molecule has 0 saturated heterocycles. The summed E-state index contributed by atoms with van der Waals surface area (Å²) in [5, 5.41) is 6.60. The van der Waals surface area contributed by atoms with E-state index in [4.69, 9.17) is 0 Å². The molecule has 0 aliphatic carbocycles. The molecule has 0 saturated carbocycles. The lowest BCUT2D eigenvalue weighted by molar-refractivity contribution is 0.0879. The maximum atomic E-state index is 12.5. The Morgan fingerprint density at radius 3 is 1.26 bits per heavy atom. The highest BCUT2D eigenvalue weighted by Gasteiger charge is 2.29. The molecule has 146 valence electrons. The third-order valence-electron chi connectivity index (χ3n) is 6.00. The average molecular weight is 399 g/mol. The van der Waals surface area contributed by atoms with Gasteiger partial charge in [0.05, 0.1) is 11.1 Å². The maximum absolute atomic E-state index is 12.5. The van der Waals surface area contributed by atoms with Crippen LogP contribution in [0.15, 0.2) is 97.1 Å². The molecule has 5 aromatic rings. The minimum absolute atomic E-state index is 0.338. The topological polar surface area (TPSA) is 46.2 Å². The lowest BCUT2D eigenvalue weighted by Crippen LogP contribution is -2.19. The van der Waals surface area contributed by atoms with E-state index in [0.717, 1.165) is 43.8 Å². The molecule has 3 nitrogen and oxygen atoms in total. The van der Waals surface area contributed by atoms with Gasteiger partial charge in [-0.25, -0.2) is 0 Å². The van der Waals surface area contributed by atoms with Crippen molar-refractivity contribution < 1.29 is 9.59 Å². The van der Waals surface area contributed by atoms with Crippen LogP contribution < -0.4 is 5.32 Å². The first-order chi connectivity index (χ1) is 15.2. The number of carbonyl (C=O) groups excluding carboxylic acids is 2. The number of amides is 2. The molecule has 0 fully saturated rings. The second kappa shape index (κ2) is 6.64. The number of imide groups is 1. The molecule has 5 aromatic carbocycles. The Bertz CT molecular complexity index is 1400. The molecule has 1 heterocycles. The van der Waals surface area contributed by atoms with Gasteiger partial charge in [0.25, 0.3) is 11.8 Å². The third kappa shape index (κ3) is 2.60. The molecule has 31 heavy (non-hydrogen) atoms. The Kier molecular flexibility index (Phi) is 3.77. The van der Waals surface area contributed by atoms with Gasteiger partial charge in [-0.05, 0) is 55.9 Å². The van der Waals surface area contributed by atoms with Crippen LogP contribution in [-0.2, 0) is 0 Å². The largest absolute Gasteiger partial charge is 0.288 e. The van der Waals surface area contributed by atoms with E-state index in [-0.39, 0.29) is 11.8 Å². The van der Waals surface area contributed by atoms with Crippen LogP contribution in [0.4, 0.5) is 0 Å². The molecular weight excluding hydrogens is 382 g/mol. The predicted molar refractivity (Wildman–Crippen MR) is 124 cm³/mol. The van der Waals surface area contributed by atoms with Crippen LogP contribution in [0.1, 0.15) is 20.7 Å². The number of nitrogens with one attached hydrogen (secondary N) is 1. The van der Waals surface area contributed by atoms with Gasteiger partial charge in [0.1, 0.15) is 0 Å². The SMILES string of the molecule is O=C1NC(=O)c2cc3c(-c4ccccc4)c4ccccc4c(-c4ccccc4)c3cc21. The van der Waals surface area contributed by atoms with Crippen LogP contribution in [0.25, 0.3) is 43.8 Å². The smallest absolute Gasteiger partial charge is 0.258 e. The Morgan fingerprint density at radius 2 is 0.839 bits per heavy atom. The predicted octanol–water partition coefficient (Wildman–Crippen LogP) is 6.21. The highest BCUT2D eigenvalue weighted by Crippen LogP contribution is 2.44. The van der Waals surface area contributed by atoms with Crippen molar-refractivity contribution in [3.63, 3.8) is 0 Å². The summed E-state index contributed by atoms with van der Waals surface area (Å²) >= 11 is 0. The number of carbonyl (C=O) groups is 2. The number of benzene rings is 5. The lowest BCUT2D eigenvalue weighted by Gasteiger charge is -2.18. The third-order valence-corrected chi connectivity index (χ3v) is 6.00. The van der Waals surface area contributed by atoms with Gasteiger partial charge >= 0.3 is 0 Å². The van der Waals surface area contributed by atoms with E-state index in [1.165, 1.54) is 0 Å². The van der Waals surface area contributed by atoms with Crippen LogP contribution in [0.5, 0.6) is 0 Å². The van der Waals surface area contributed by atoms with Crippen LogP contribution in [-0.4, -0.2) is 11.8 Å². The van der Waals surface area contributed by atoms with Crippen LogP contribution >= 0.6 is 0 Å². The van der Waals surface area contributed by atoms with Gasteiger partial charge in [-0.1, -0.05) is 84.9 Å². The highest BCUT2D eigenvalue weighted by molar-refractivity contribution is 6.27. The molecule has 0 unspecified atom stereocenters. The van der Waals surface area contributed by atoms with E-state index in [2.05, 4.69) is 41.7 Å². The molecule has 1 aliphatic heterocycles. The fraction of sp³-hybridized carbons (Fsp3) is 0. The summed E-state index contributed by atoms with van der Waals surface area (Å²) in [6.45, 7) is 0. The van der Waals surface area contributed by atoms with Crippen molar-refractivity contribution in [3.05, 3.63) is 108 Å². The molecule has 0 aromatic heterocycles. The molecule has 0 radical (unpaired) electrons. The summed E-state index contributed by atoms with van der Waals surface area (Å²) in [6, 6.07) is 32.5. The second-order valence-electron chi connectivity index (χ2n) is 7.75. The Labute approximate surface area is 179 Å². The molecule has 1 N–H and O–H groups in total. The first-order valence-electron chi connectivity index (χ1n) is 10.2. The zero-order valence-corrected chi connectivity index (χ0v) is 16.6. The van der Waals surface area contributed by atoms with Crippen LogP contribution in [0.3, 0.4) is 0 Å². The van der Waals surface area contributed by atoms with Gasteiger partial charge < -0.3 is 0 Å². The zero-order valence-electron chi connectivity index (χ0n) is 16.6. The maximum Gasteiger partial charge on any atom is 0.258 e. The minimum atomic E-state index is -0.338. The van der Waals surface area contributed by atoms with Crippen molar-refractivity contribution in [3.8, 4) is 22.3 Å². The first-order valence-corrected chi connectivity index (χ1v) is 10.2. The normalized spacial score (nSPS) is 12.9. The summed E-state index contributed by atoms with van der Waals surface area (Å²) in [4.78, 5) is 24.9. The van der Waals surface area contributed by atoms with Gasteiger partial charge in [-0.2, -0.15) is 0 Å². The fourth-order valence-corrected chi connectivity index (χ4v) is 4.67. The van der Waals surface area contributed by atoms with Crippen molar-refractivity contribution in [1.29, 1.82) is 0 Å². The van der Waals surface area contributed by atoms with Crippen molar-refractivity contribution in [2.24, 2.45) is 0 Å². The molecule has 3 heteroatoms. The van der Waals surface area contributed by atoms with Gasteiger partial charge in [-0.15, -0.1) is 0 Å². The Hall–Kier alpha value is -4.24. The molecule has 1 aliphatic rings. The van der Waals surface area contributed by atoms with E-state index < -0.39 is 0 Å². The van der Waals surface area contributed by atoms with Crippen molar-refractivity contribution >= 4 is 33.4 Å². The Balaban J connectivity index is 1.88. The monoisotopic (exact) mass is 399 g/mol. The summed E-state index contributed by atoms with van der Waals surface area (Å²) in [6.07, 6.45) is 0. The number of hydrogen-bond donors (Lipinski definition) is 1.